The highest BCUT2D eigenvalue weighted by molar-refractivity contribution is 6.32. The van der Waals surface area contributed by atoms with Gasteiger partial charge in [-0.05, 0) is 48.5 Å². The number of nitrogens with zero attached hydrogens (tertiary/aromatic N) is 2. The fraction of sp³-hybridized carbons (Fsp3) is 0.0500. The third-order valence-corrected chi connectivity index (χ3v) is 3.98. The van der Waals surface area contributed by atoms with E-state index in [9.17, 15) is 4.79 Å². The van der Waals surface area contributed by atoms with Crippen LogP contribution in [0.4, 0.5) is 17.1 Å². The minimum Gasteiger partial charge on any atom is -0.495 e. The Hall–Kier alpha value is -3.56. The van der Waals surface area contributed by atoms with E-state index in [0.717, 1.165) is 5.69 Å². The van der Waals surface area contributed by atoms with Crippen molar-refractivity contribution in [2.24, 2.45) is 0 Å². The van der Waals surface area contributed by atoms with Gasteiger partial charge >= 0.3 is 0 Å². The van der Waals surface area contributed by atoms with Gasteiger partial charge in [-0.1, -0.05) is 17.7 Å². The number of carbonyl (C=O) groups is 1. The molecule has 3 aromatic rings. The number of methoxy groups -OCH3 is 1. The Morgan fingerprint density at radius 1 is 1.11 bits per heavy atom. The van der Waals surface area contributed by atoms with E-state index in [1.54, 1.807) is 55.6 Å². The standard InChI is InChI=1S/C20H15ClN4O2/c1-27-19-6-5-15(10-17(19)21)24-16-7-8-23-18(11-16)20(26)25-14-4-2-3-13(9-14)12-22/h2-11H,1H3,(H,23,24)(H,25,26). The summed E-state index contributed by atoms with van der Waals surface area (Å²) in [6.07, 6.45) is 1.54. The van der Waals surface area contributed by atoms with Crippen LogP contribution < -0.4 is 15.4 Å². The summed E-state index contributed by atoms with van der Waals surface area (Å²) < 4.78 is 5.13. The minimum absolute atomic E-state index is 0.238. The van der Waals surface area contributed by atoms with E-state index in [1.807, 2.05) is 12.1 Å². The number of ether oxygens (including phenoxy) is 1. The first-order chi connectivity index (χ1) is 13.1. The first-order valence-corrected chi connectivity index (χ1v) is 8.35. The second-order valence-electron chi connectivity index (χ2n) is 5.55. The van der Waals surface area contributed by atoms with E-state index in [-0.39, 0.29) is 11.6 Å². The van der Waals surface area contributed by atoms with Crippen LogP contribution in [0.1, 0.15) is 16.1 Å². The van der Waals surface area contributed by atoms with Crippen LogP contribution in [0.3, 0.4) is 0 Å². The Labute approximate surface area is 161 Å². The summed E-state index contributed by atoms with van der Waals surface area (Å²) in [5.41, 5.74) is 2.66. The van der Waals surface area contributed by atoms with E-state index in [0.29, 0.717) is 27.7 Å². The van der Waals surface area contributed by atoms with Crippen molar-refractivity contribution in [2.45, 2.75) is 0 Å². The fourth-order valence-corrected chi connectivity index (χ4v) is 2.66. The summed E-state index contributed by atoms with van der Waals surface area (Å²) in [4.78, 5) is 16.5. The summed E-state index contributed by atoms with van der Waals surface area (Å²) in [6.45, 7) is 0. The van der Waals surface area contributed by atoms with Crippen molar-refractivity contribution in [1.29, 1.82) is 5.26 Å². The summed E-state index contributed by atoms with van der Waals surface area (Å²) in [5.74, 6) is 0.207. The maximum absolute atomic E-state index is 12.4. The number of amides is 1. The summed E-state index contributed by atoms with van der Waals surface area (Å²) in [5, 5.41) is 15.3. The third-order valence-electron chi connectivity index (χ3n) is 3.68. The number of carbonyl (C=O) groups excluding carboxylic acids is 1. The van der Waals surface area contributed by atoms with Gasteiger partial charge in [-0.2, -0.15) is 5.26 Å². The molecule has 2 aromatic carbocycles. The zero-order valence-corrected chi connectivity index (χ0v) is 15.1. The molecule has 0 spiro atoms. The van der Waals surface area contributed by atoms with Crippen molar-refractivity contribution < 1.29 is 9.53 Å². The molecule has 0 aliphatic rings. The van der Waals surface area contributed by atoms with Crippen LogP contribution >= 0.6 is 11.6 Å². The molecule has 1 amide bonds. The molecular formula is C20H15ClN4O2. The Balaban J connectivity index is 1.75. The van der Waals surface area contributed by atoms with Crippen molar-refractivity contribution in [3.05, 3.63) is 77.1 Å². The van der Waals surface area contributed by atoms with E-state index >= 15 is 0 Å². The van der Waals surface area contributed by atoms with Gasteiger partial charge in [-0.3, -0.25) is 9.78 Å². The lowest BCUT2D eigenvalue weighted by Crippen LogP contribution is -2.13. The molecule has 7 heteroatoms. The van der Waals surface area contributed by atoms with Gasteiger partial charge in [0.1, 0.15) is 11.4 Å². The lowest BCUT2D eigenvalue weighted by atomic mass is 10.2. The first-order valence-electron chi connectivity index (χ1n) is 7.97. The average molecular weight is 379 g/mol. The number of hydrogen-bond donors (Lipinski definition) is 2. The van der Waals surface area contributed by atoms with Gasteiger partial charge in [0.25, 0.3) is 5.91 Å². The van der Waals surface area contributed by atoms with Crippen LogP contribution in [0.2, 0.25) is 5.02 Å². The first kappa shape index (κ1) is 18.2. The predicted octanol–water partition coefficient (Wildman–Crippen LogP) is 4.61. The molecule has 3 rings (SSSR count). The van der Waals surface area contributed by atoms with E-state index in [2.05, 4.69) is 15.6 Å². The normalized spacial score (nSPS) is 9.96. The number of aromatic nitrogens is 1. The highest BCUT2D eigenvalue weighted by Crippen LogP contribution is 2.28. The predicted molar refractivity (Wildman–Crippen MR) is 105 cm³/mol. The van der Waals surface area contributed by atoms with Crippen molar-refractivity contribution in [2.75, 3.05) is 17.7 Å². The van der Waals surface area contributed by atoms with Gasteiger partial charge in [0.2, 0.25) is 0 Å². The van der Waals surface area contributed by atoms with Crippen molar-refractivity contribution in [1.82, 2.24) is 4.98 Å². The lowest BCUT2D eigenvalue weighted by molar-refractivity contribution is 0.102. The number of benzene rings is 2. The summed E-state index contributed by atoms with van der Waals surface area (Å²) in [7, 11) is 1.55. The number of nitriles is 1. The SMILES string of the molecule is COc1ccc(Nc2ccnc(C(=O)Nc3cccc(C#N)c3)c2)cc1Cl. The average Bonchev–Trinajstić information content (AvgIpc) is 2.68. The molecule has 0 aliphatic heterocycles. The molecule has 0 saturated heterocycles. The molecule has 0 aliphatic carbocycles. The molecule has 0 unspecified atom stereocenters. The Morgan fingerprint density at radius 2 is 1.93 bits per heavy atom. The Bertz CT molecular complexity index is 1030. The molecule has 6 nitrogen and oxygen atoms in total. The summed E-state index contributed by atoms with van der Waals surface area (Å²) in [6, 6.07) is 17.4. The molecule has 2 N–H and O–H groups in total. The van der Waals surface area contributed by atoms with Gasteiger partial charge in [0.05, 0.1) is 23.8 Å². The zero-order chi connectivity index (χ0) is 19.2. The Morgan fingerprint density at radius 3 is 2.67 bits per heavy atom. The second-order valence-corrected chi connectivity index (χ2v) is 5.96. The van der Waals surface area contributed by atoms with Crippen LogP contribution in [-0.4, -0.2) is 18.0 Å². The molecule has 134 valence electrons. The second kappa shape index (κ2) is 8.21. The number of pyridine rings is 1. The van der Waals surface area contributed by atoms with Crippen LogP contribution in [0, 0.1) is 11.3 Å². The maximum atomic E-state index is 12.4. The third kappa shape index (κ3) is 4.54. The minimum atomic E-state index is -0.374. The molecule has 0 saturated carbocycles. The van der Waals surface area contributed by atoms with E-state index < -0.39 is 0 Å². The zero-order valence-electron chi connectivity index (χ0n) is 14.4. The van der Waals surface area contributed by atoms with Gasteiger partial charge in [-0.15, -0.1) is 0 Å². The molecule has 0 bridgehead atoms. The van der Waals surface area contributed by atoms with Crippen molar-refractivity contribution in [3.8, 4) is 11.8 Å². The number of halogens is 1. The number of hydrogen-bond acceptors (Lipinski definition) is 5. The van der Waals surface area contributed by atoms with Gasteiger partial charge in [0.15, 0.2) is 0 Å². The quantitative estimate of drug-likeness (QED) is 0.676. The maximum Gasteiger partial charge on any atom is 0.274 e. The van der Waals surface area contributed by atoms with Gasteiger partial charge in [0, 0.05) is 23.3 Å². The molecule has 0 fully saturated rings. The largest absolute Gasteiger partial charge is 0.495 e. The van der Waals surface area contributed by atoms with Crippen LogP contribution in [0.25, 0.3) is 0 Å². The van der Waals surface area contributed by atoms with Crippen LogP contribution in [-0.2, 0) is 0 Å². The van der Waals surface area contributed by atoms with Crippen molar-refractivity contribution >= 4 is 34.6 Å². The molecule has 27 heavy (non-hydrogen) atoms. The Kier molecular flexibility index (Phi) is 5.55. The summed E-state index contributed by atoms with van der Waals surface area (Å²) >= 11 is 6.13. The van der Waals surface area contributed by atoms with E-state index in [1.165, 1.54) is 6.20 Å². The van der Waals surface area contributed by atoms with Crippen LogP contribution in [0.5, 0.6) is 5.75 Å². The number of anilines is 3. The molecule has 1 aromatic heterocycles. The topological polar surface area (TPSA) is 87.0 Å². The molecule has 0 radical (unpaired) electrons. The molecular weight excluding hydrogens is 364 g/mol. The van der Waals surface area contributed by atoms with Crippen molar-refractivity contribution in [3.63, 3.8) is 0 Å². The fourth-order valence-electron chi connectivity index (χ4n) is 2.40. The smallest absolute Gasteiger partial charge is 0.274 e. The number of rotatable bonds is 5. The highest BCUT2D eigenvalue weighted by atomic mass is 35.5. The van der Waals surface area contributed by atoms with Gasteiger partial charge in [-0.25, -0.2) is 0 Å². The lowest BCUT2D eigenvalue weighted by Gasteiger charge is -2.10. The number of nitrogens with one attached hydrogen (secondary N) is 2. The van der Waals surface area contributed by atoms with E-state index in [4.69, 9.17) is 21.6 Å². The molecule has 0 atom stereocenters. The molecule has 1 heterocycles. The van der Waals surface area contributed by atoms with Gasteiger partial charge < -0.3 is 15.4 Å². The van der Waals surface area contributed by atoms with Crippen LogP contribution in [0.15, 0.2) is 60.8 Å². The highest BCUT2D eigenvalue weighted by Gasteiger charge is 2.10. The monoisotopic (exact) mass is 378 g/mol.